The first kappa shape index (κ1) is 16.6. The highest BCUT2D eigenvalue weighted by Gasteiger charge is 2.49. The zero-order valence-electron chi connectivity index (χ0n) is 15.4. The Kier molecular flexibility index (Phi) is 4.32. The number of esters is 1. The van der Waals surface area contributed by atoms with Gasteiger partial charge < -0.3 is 9.30 Å². The van der Waals surface area contributed by atoms with E-state index in [1.54, 1.807) is 0 Å². The summed E-state index contributed by atoms with van der Waals surface area (Å²) >= 11 is 0. The van der Waals surface area contributed by atoms with E-state index in [2.05, 4.69) is 53.9 Å². The van der Waals surface area contributed by atoms with E-state index in [0.717, 1.165) is 19.4 Å². The average molecular weight is 340 g/mol. The maximum absolute atomic E-state index is 12.8. The molecule has 0 N–H and O–H groups in total. The van der Waals surface area contributed by atoms with E-state index >= 15 is 0 Å². The summed E-state index contributed by atoms with van der Waals surface area (Å²) < 4.78 is 7.74. The van der Waals surface area contributed by atoms with E-state index in [1.807, 2.05) is 6.92 Å². The Hall–Kier alpha value is -1.81. The lowest BCUT2D eigenvalue weighted by Gasteiger charge is -2.42. The number of nitrogens with zero attached hydrogens (tertiary/aromatic N) is 2. The van der Waals surface area contributed by atoms with Crippen LogP contribution in [-0.4, -0.2) is 41.2 Å². The Morgan fingerprint density at radius 3 is 2.84 bits per heavy atom. The van der Waals surface area contributed by atoms with Crippen LogP contribution in [0.25, 0.3) is 10.9 Å². The Balaban J connectivity index is 1.72. The second kappa shape index (κ2) is 6.49. The number of hydrogen-bond donors (Lipinski definition) is 0. The average Bonchev–Trinajstić information content (AvgIpc) is 3.11. The van der Waals surface area contributed by atoms with Gasteiger partial charge in [-0.2, -0.15) is 0 Å². The molecule has 25 heavy (non-hydrogen) atoms. The van der Waals surface area contributed by atoms with Crippen molar-refractivity contribution in [3.8, 4) is 0 Å². The van der Waals surface area contributed by atoms with Gasteiger partial charge in [0.25, 0.3) is 0 Å². The second-order valence-electron chi connectivity index (χ2n) is 7.50. The lowest BCUT2D eigenvalue weighted by Crippen LogP contribution is -2.49. The third-order valence-electron chi connectivity index (χ3n) is 6.39. The SMILES string of the molecule is CCOC(=O)C1C(c2ccc3c(ccn3CC)c2)CC2CCC1N2C. The molecule has 1 aromatic heterocycles. The molecule has 2 saturated heterocycles. The molecule has 0 amide bonds. The van der Waals surface area contributed by atoms with Gasteiger partial charge in [0.1, 0.15) is 0 Å². The third kappa shape index (κ3) is 2.67. The number of ether oxygens (including phenoxy) is 1. The zero-order chi connectivity index (χ0) is 17.6. The summed E-state index contributed by atoms with van der Waals surface area (Å²) in [5.41, 5.74) is 2.57. The number of carbonyl (C=O) groups excluding carboxylic acids is 1. The number of piperidine rings is 1. The van der Waals surface area contributed by atoms with Gasteiger partial charge in [0, 0.05) is 36.3 Å². The fourth-order valence-electron chi connectivity index (χ4n) is 5.09. The highest BCUT2D eigenvalue weighted by Crippen LogP contribution is 2.47. The van der Waals surface area contributed by atoms with Crippen LogP contribution in [0.3, 0.4) is 0 Å². The Bertz CT molecular complexity index is 781. The predicted molar refractivity (Wildman–Crippen MR) is 99.7 cm³/mol. The molecule has 3 heterocycles. The van der Waals surface area contributed by atoms with Crippen molar-refractivity contribution in [2.75, 3.05) is 13.7 Å². The minimum atomic E-state index is -0.0468. The molecule has 4 unspecified atom stereocenters. The number of aromatic nitrogens is 1. The molecule has 1 aromatic carbocycles. The largest absolute Gasteiger partial charge is 0.466 e. The molecular formula is C21H28N2O2. The number of hydrogen-bond acceptors (Lipinski definition) is 3. The molecule has 4 heteroatoms. The van der Waals surface area contributed by atoms with Crippen molar-refractivity contribution in [2.45, 2.75) is 57.7 Å². The highest BCUT2D eigenvalue weighted by molar-refractivity contribution is 5.82. The summed E-state index contributed by atoms with van der Waals surface area (Å²) in [6.07, 6.45) is 5.50. The van der Waals surface area contributed by atoms with E-state index in [4.69, 9.17) is 4.74 Å². The molecule has 0 saturated carbocycles. The predicted octanol–water partition coefficient (Wildman–Crippen LogP) is 3.79. The van der Waals surface area contributed by atoms with Crippen molar-refractivity contribution in [1.82, 2.24) is 9.47 Å². The number of rotatable bonds is 4. The topological polar surface area (TPSA) is 34.5 Å². The fraction of sp³-hybridized carbons (Fsp3) is 0.571. The van der Waals surface area contributed by atoms with Crippen LogP contribution < -0.4 is 0 Å². The summed E-state index contributed by atoms with van der Waals surface area (Å²) in [6, 6.07) is 9.84. The van der Waals surface area contributed by atoms with Crippen LogP contribution >= 0.6 is 0 Å². The smallest absolute Gasteiger partial charge is 0.311 e. The number of carbonyl (C=O) groups is 1. The molecule has 0 radical (unpaired) electrons. The van der Waals surface area contributed by atoms with Gasteiger partial charge in [-0.3, -0.25) is 9.69 Å². The first-order valence-corrected chi connectivity index (χ1v) is 9.61. The molecule has 4 rings (SSSR count). The van der Waals surface area contributed by atoms with Crippen molar-refractivity contribution >= 4 is 16.9 Å². The Labute approximate surface area is 149 Å². The van der Waals surface area contributed by atoms with Crippen LogP contribution in [0, 0.1) is 5.92 Å². The second-order valence-corrected chi connectivity index (χ2v) is 7.50. The molecule has 2 aliphatic heterocycles. The molecular weight excluding hydrogens is 312 g/mol. The van der Waals surface area contributed by atoms with Crippen LogP contribution in [0.5, 0.6) is 0 Å². The number of fused-ring (bicyclic) bond motifs is 3. The van der Waals surface area contributed by atoms with Gasteiger partial charge in [-0.25, -0.2) is 0 Å². The lowest BCUT2D eigenvalue weighted by molar-refractivity contribution is -0.152. The standard InChI is InChI=1S/C21H28N2O2/c1-4-23-11-10-15-12-14(6-8-18(15)23)17-13-16-7-9-19(22(16)3)20(17)21(24)25-5-2/h6,8,10-12,16-17,19-20H,4-5,7,9,13H2,1-3H3. The number of aryl methyl sites for hydroxylation is 1. The van der Waals surface area contributed by atoms with E-state index in [1.165, 1.54) is 22.9 Å². The van der Waals surface area contributed by atoms with Crippen molar-refractivity contribution in [2.24, 2.45) is 5.92 Å². The molecule has 2 bridgehead atoms. The van der Waals surface area contributed by atoms with E-state index in [9.17, 15) is 4.79 Å². The van der Waals surface area contributed by atoms with Crippen LogP contribution in [0.2, 0.25) is 0 Å². The van der Waals surface area contributed by atoms with E-state index < -0.39 is 0 Å². The maximum Gasteiger partial charge on any atom is 0.311 e. The quantitative estimate of drug-likeness (QED) is 0.794. The molecule has 0 spiro atoms. The van der Waals surface area contributed by atoms with E-state index in [-0.39, 0.29) is 17.8 Å². The normalized spacial score (nSPS) is 29.2. The number of benzene rings is 1. The van der Waals surface area contributed by atoms with Gasteiger partial charge in [0.15, 0.2) is 0 Å². The summed E-state index contributed by atoms with van der Waals surface area (Å²) in [7, 11) is 2.18. The zero-order valence-corrected chi connectivity index (χ0v) is 15.4. The first-order chi connectivity index (χ1) is 12.1. The molecule has 134 valence electrons. The van der Waals surface area contributed by atoms with Gasteiger partial charge in [-0.15, -0.1) is 0 Å². The molecule has 2 aromatic rings. The van der Waals surface area contributed by atoms with Crippen LogP contribution in [0.15, 0.2) is 30.5 Å². The van der Waals surface area contributed by atoms with Crippen molar-refractivity contribution < 1.29 is 9.53 Å². The van der Waals surface area contributed by atoms with Gasteiger partial charge in [-0.05, 0) is 69.3 Å². The summed E-state index contributed by atoms with van der Waals surface area (Å²) in [5, 5.41) is 1.27. The van der Waals surface area contributed by atoms with Gasteiger partial charge in [-0.1, -0.05) is 6.07 Å². The molecule has 0 aliphatic carbocycles. The van der Waals surface area contributed by atoms with Gasteiger partial charge >= 0.3 is 5.97 Å². The maximum atomic E-state index is 12.8. The Morgan fingerprint density at radius 2 is 2.08 bits per heavy atom. The van der Waals surface area contributed by atoms with Crippen LogP contribution in [0.1, 0.15) is 44.6 Å². The lowest BCUT2D eigenvalue weighted by atomic mass is 9.76. The summed E-state index contributed by atoms with van der Waals surface area (Å²) in [5.74, 6) is 0.201. The summed E-state index contributed by atoms with van der Waals surface area (Å²) in [6.45, 7) is 5.50. The minimum absolute atomic E-state index is 0.0177. The fourth-order valence-corrected chi connectivity index (χ4v) is 5.09. The van der Waals surface area contributed by atoms with Crippen LogP contribution in [0.4, 0.5) is 0 Å². The van der Waals surface area contributed by atoms with Gasteiger partial charge in [0.05, 0.1) is 12.5 Å². The molecule has 4 atom stereocenters. The van der Waals surface area contributed by atoms with Gasteiger partial charge in [0.2, 0.25) is 0 Å². The highest BCUT2D eigenvalue weighted by atomic mass is 16.5. The third-order valence-corrected chi connectivity index (χ3v) is 6.39. The molecule has 2 aliphatic rings. The van der Waals surface area contributed by atoms with Crippen LogP contribution in [-0.2, 0) is 16.1 Å². The summed E-state index contributed by atoms with van der Waals surface area (Å²) in [4.78, 5) is 15.2. The van der Waals surface area contributed by atoms with Crippen molar-refractivity contribution in [3.63, 3.8) is 0 Å². The Morgan fingerprint density at radius 1 is 1.24 bits per heavy atom. The van der Waals surface area contributed by atoms with E-state index in [0.29, 0.717) is 18.7 Å². The first-order valence-electron chi connectivity index (χ1n) is 9.61. The van der Waals surface area contributed by atoms with Crippen molar-refractivity contribution in [1.29, 1.82) is 0 Å². The van der Waals surface area contributed by atoms with Crippen molar-refractivity contribution in [3.05, 3.63) is 36.0 Å². The minimum Gasteiger partial charge on any atom is -0.466 e. The molecule has 4 nitrogen and oxygen atoms in total. The molecule has 2 fully saturated rings. The monoisotopic (exact) mass is 340 g/mol.